The van der Waals surface area contributed by atoms with E-state index < -0.39 is 0 Å². The molecule has 6 heteroatoms. The number of benzene rings is 1. The van der Waals surface area contributed by atoms with Gasteiger partial charge in [0.25, 0.3) is 0 Å². The minimum Gasteiger partial charge on any atom is -0.453 e. The summed E-state index contributed by atoms with van der Waals surface area (Å²) in [6.45, 7) is 0. The smallest absolute Gasteiger partial charge is 0.165 e. The largest absolute Gasteiger partial charge is 0.453 e. The highest BCUT2D eigenvalue weighted by Crippen LogP contribution is 2.31. The summed E-state index contributed by atoms with van der Waals surface area (Å²) in [5, 5.41) is 4.05. The van der Waals surface area contributed by atoms with E-state index in [1.165, 1.54) is 0 Å². The van der Waals surface area contributed by atoms with Crippen molar-refractivity contribution in [3.05, 3.63) is 36.2 Å². The van der Waals surface area contributed by atoms with Crippen molar-refractivity contribution in [2.45, 2.75) is 4.90 Å². The summed E-state index contributed by atoms with van der Waals surface area (Å²) in [5.74, 6) is 1.32. The molecule has 4 nitrogen and oxygen atoms in total. The van der Waals surface area contributed by atoms with Crippen molar-refractivity contribution in [3.63, 3.8) is 0 Å². The van der Waals surface area contributed by atoms with E-state index in [0.717, 1.165) is 10.5 Å². The van der Waals surface area contributed by atoms with Crippen LogP contribution in [0.25, 0.3) is 0 Å². The van der Waals surface area contributed by atoms with Gasteiger partial charge in [0.1, 0.15) is 10.7 Å². The van der Waals surface area contributed by atoms with E-state index in [2.05, 4.69) is 5.10 Å². The lowest BCUT2D eigenvalue weighted by Crippen LogP contribution is -2.12. The van der Waals surface area contributed by atoms with Gasteiger partial charge in [0, 0.05) is 11.9 Å². The molecule has 0 fully saturated rings. The summed E-state index contributed by atoms with van der Waals surface area (Å²) >= 11 is 6.67. The molecule has 0 aliphatic rings. The van der Waals surface area contributed by atoms with Gasteiger partial charge >= 0.3 is 0 Å². The molecule has 2 aromatic rings. The lowest BCUT2D eigenvalue weighted by molar-refractivity contribution is 0.479. The van der Waals surface area contributed by atoms with E-state index in [-0.39, 0.29) is 0 Å². The number of hydrogen-bond acceptors (Lipinski definition) is 4. The maximum atomic E-state index is 5.77. The summed E-state index contributed by atoms with van der Waals surface area (Å²) < 4.78 is 7.44. The molecule has 18 heavy (non-hydrogen) atoms. The molecule has 2 rings (SSSR count). The van der Waals surface area contributed by atoms with Crippen LogP contribution >= 0.6 is 24.0 Å². The van der Waals surface area contributed by atoms with E-state index in [0.29, 0.717) is 16.5 Å². The van der Waals surface area contributed by atoms with Gasteiger partial charge in [-0.15, -0.1) is 11.8 Å². The van der Waals surface area contributed by atoms with Crippen LogP contribution in [-0.2, 0) is 7.05 Å². The van der Waals surface area contributed by atoms with Gasteiger partial charge < -0.3 is 10.5 Å². The van der Waals surface area contributed by atoms with E-state index in [4.69, 9.17) is 22.7 Å². The maximum Gasteiger partial charge on any atom is 0.165 e. The molecular weight excluding hydrogens is 266 g/mol. The third-order valence-corrected chi connectivity index (χ3v) is 3.35. The van der Waals surface area contributed by atoms with E-state index in [9.17, 15) is 0 Å². The zero-order chi connectivity index (χ0) is 13.1. The zero-order valence-electron chi connectivity index (χ0n) is 10.1. The first kappa shape index (κ1) is 12.9. The number of nitrogens with zero attached hydrogens (tertiary/aromatic N) is 2. The zero-order valence-corrected chi connectivity index (χ0v) is 11.7. The highest BCUT2D eigenvalue weighted by molar-refractivity contribution is 7.98. The molecule has 0 aliphatic heterocycles. The van der Waals surface area contributed by atoms with Crippen LogP contribution in [0.15, 0.2) is 35.5 Å². The van der Waals surface area contributed by atoms with Gasteiger partial charge in [0.2, 0.25) is 0 Å². The lowest BCUT2D eigenvalue weighted by atomic mass is 10.2. The molecule has 0 radical (unpaired) electrons. The Labute approximate surface area is 115 Å². The first-order chi connectivity index (χ1) is 8.61. The Kier molecular flexibility index (Phi) is 3.88. The summed E-state index contributed by atoms with van der Waals surface area (Å²) in [6, 6.07) is 5.73. The summed E-state index contributed by atoms with van der Waals surface area (Å²) in [4.78, 5) is 1.34. The fraction of sp³-hybridized carbons (Fsp3) is 0.167. The fourth-order valence-electron chi connectivity index (χ4n) is 1.59. The maximum absolute atomic E-state index is 5.77. The second-order valence-electron chi connectivity index (χ2n) is 3.65. The molecule has 94 valence electrons. The van der Waals surface area contributed by atoms with Crippen LogP contribution in [0.1, 0.15) is 5.56 Å². The van der Waals surface area contributed by atoms with Gasteiger partial charge in [-0.05, 0) is 18.4 Å². The topological polar surface area (TPSA) is 53.1 Å². The van der Waals surface area contributed by atoms with Crippen LogP contribution < -0.4 is 10.5 Å². The third-order valence-electron chi connectivity index (χ3n) is 2.36. The molecule has 0 unspecified atom stereocenters. The number of rotatable bonds is 4. The van der Waals surface area contributed by atoms with Crippen molar-refractivity contribution >= 4 is 29.0 Å². The second-order valence-corrected chi connectivity index (χ2v) is 4.94. The van der Waals surface area contributed by atoms with E-state index in [1.54, 1.807) is 28.8 Å². The van der Waals surface area contributed by atoms with Gasteiger partial charge in [-0.3, -0.25) is 4.68 Å². The van der Waals surface area contributed by atoms with Crippen LogP contribution in [0.2, 0.25) is 0 Å². The van der Waals surface area contributed by atoms with E-state index >= 15 is 0 Å². The van der Waals surface area contributed by atoms with Gasteiger partial charge in [0.05, 0.1) is 18.0 Å². The molecule has 0 bridgehead atoms. The van der Waals surface area contributed by atoms with Gasteiger partial charge in [-0.2, -0.15) is 5.10 Å². The standard InChI is InChI=1S/C12H13N3OS2/c1-15-7-8(6-14-15)16-9-4-3-5-10(18-2)11(9)12(13)17/h3-7H,1-2H3,(H2,13,17). The van der Waals surface area contributed by atoms with Crippen LogP contribution in [-0.4, -0.2) is 21.0 Å². The van der Waals surface area contributed by atoms with E-state index in [1.807, 2.05) is 31.5 Å². The minimum absolute atomic E-state index is 0.332. The normalized spacial score (nSPS) is 10.3. The average Bonchev–Trinajstić information content (AvgIpc) is 2.74. The van der Waals surface area contributed by atoms with Gasteiger partial charge in [-0.25, -0.2) is 0 Å². The quantitative estimate of drug-likeness (QED) is 0.688. The number of aromatic nitrogens is 2. The minimum atomic E-state index is 0.332. The molecule has 0 saturated heterocycles. The molecule has 1 heterocycles. The van der Waals surface area contributed by atoms with Crippen molar-refractivity contribution in [1.82, 2.24) is 9.78 Å². The van der Waals surface area contributed by atoms with Crippen molar-refractivity contribution in [1.29, 1.82) is 0 Å². The Morgan fingerprint density at radius 3 is 2.83 bits per heavy atom. The number of nitrogens with two attached hydrogens (primary N) is 1. The second kappa shape index (κ2) is 5.41. The molecule has 1 aromatic carbocycles. The summed E-state index contributed by atoms with van der Waals surface area (Å²) in [5.41, 5.74) is 6.53. The Morgan fingerprint density at radius 1 is 1.50 bits per heavy atom. The molecule has 0 aliphatic carbocycles. The third kappa shape index (κ3) is 2.65. The fourth-order valence-corrected chi connectivity index (χ4v) is 2.49. The van der Waals surface area contributed by atoms with Gasteiger partial charge in [0.15, 0.2) is 5.75 Å². The molecule has 0 amide bonds. The van der Waals surface area contributed by atoms with Crippen LogP contribution in [0.3, 0.4) is 0 Å². The monoisotopic (exact) mass is 279 g/mol. The number of thioether (sulfide) groups is 1. The van der Waals surface area contributed by atoms with Crippen molar-refractivity contribution in [2.24, 2.45) is 12.8 Å². The SMILES string of the molecule is CSc1cccc(Oc2cnn(C)c2)c1C(N)=S. The van der Waals surface area contributed by atoms with Crippen molar-refractivity contribution in [3.8, 4) is 11.5 Å². The summed E-state index contributed by atoms with van der Waals surface area (Å²) in [7, 11) is 1.83. The Hall–Kier alpha value is -1.53. The number of thiocarbonyl (C=S) groups is 1. The predicted octanol–water partition coefficient (Wildman–Crippen LogP) is 2.57. The predicted molar refractivity (Wildman–Crippen MR) is 77.4 cm³/mol. The number of hydrogen-bond donors (Lipinski definition) is 1. The highest BCUT2D eigenvalue weighted by Gasteiger charge is 2.13. The van der Waals surface area contributed by atoms with Crippen LogP contribution in [0.4, 0.5) is 0 Å². The van der Waals surface area contributed by atoms with Gasteiger partial charge in [-0.1, -0.05) is 18.3 Å². The van der Waals surface area contributed by atoms with Crippen molar-refractivity contribution < 1.29 is 4.74 Å². The molecule has 2 N–H and O–H groups in total. The Bertz CT molecular complexity index is 580. The van der Waals surface area contributed by atoms with Crippen LogP contribution in [0, 0.1) is 0 Å². The molecular formula is C12H13N3OS2. The van der Waals surface area contributed by atoms with Crippen LogP contribution in [0.5, 0.6) is 11.5 Å². The molecule has 0 spiro atoms. The molecule has 0 atom stereocenters. The Balaban J connectivity index is 2.41. The first-order valence-electron chi connectivity index (χ1n) is 5.25. The number of aryl methyl sites for hydroxylation is 1. The molecule has 1 aromatic heterocycles. The Morgan fingerprint density at radius 2 is 2.28 bits per heavy atom. The first-order valence-corrected chi connectivity index (χ1v) is 6.88. The molecule has 0 saturated carbocycles. The average molecular weight is 279 g/mol. The number of ether oxygens (including phenoxy) is 1. The van der Waals surface area contributed by atoms with Crippen molar-refractivity contribution in [2.75, 3.05) is 6.26 Å². The summed E-state index contributed by atoms with van der Waals surface area (Å²) in [6.07, 6.45) is 5.41. The highest BCUT2D eigenvalue weighted by atomic mass is 32.2. The lowest BCUT2D eigenvalue weighted by Gasteiger charge is -2.11.